The molecule has 16 heavy (non-hydrogen) atoms. The molecule has 0 bridgehead atoms. The third-order valence-electron chi connectivity index (χ3n) is 3.71. The van der Waals surface area contributed by atoms with Gasteiger partial charge in [-0.1, -0.05) is 19.1 Å². The van der Waals surface area contributed by atoms with Crippen molar-refractivity contribution < 1.29 is 9.94 Å². The predicted molar refractivity (Wildman–Crippen MR) is 63.8 cm³/mol. The zero-order chi connectivity index (χ0) is 11.5. The lowest BCUT2D eigenvalue weighted by atomic mass is 9.95. The van der Waals surface area contributed by atoms with Crippen molar-refractivity contribution in [1.82, 2.24) is 5.06 Å². The van der Waals surface area contributed by atoms with Gasteiger partial charge in [0, 0.05) is 12.6 Å². The van der Waals surface area contributed by atoms with Crippen LogP contribution in [0.3, 0.4) is 0 Å². The number of aliphatic hydroxyl groups excluding tert-OH is 1. The molecule has 4 atom stereocenters. The lowest BCUT2D eigenvalue weighted by Crippen LogP contribution is -2.22. The van der Waals surface area contributed by atoms with Crippen molar-refractivity contribution >= 4 is 0 Å². The van der Waals surface area contributed by atoms with E-state index < -0.39 is 0 Å². The van der Waals surface area contributed by atoms with Gasteiger partial charge >= 0.3 is 0 Å². The van der Waals surface area contributed by atoms with Crippen molar-refractivity contribution in [1.29, 1.82) is 0 Å². The van der Waals surface area contributed by atoms with Crippen LogP contribution in [0.2, 0.25) is 0 Å². The lowest BCUT2D eigenvalue weighted by molar-refractivity contribution is -0.137. The molecule has 0 spiro atoms. The molecule has 2 rings (SSSR count). The summed E-state index contributed by atoms with van der Waals surface area (Å²) >= 11 is 0. The van der Waals surface area contributed by atoms with Gasteiger partial charge < -0.3 is 5.11 Å². The van der Waals surface area contributed by atoms with E-state index in [-0.39, 0.29) is 12.2 Å². The number of nitrogens with zero attached hydrogens (tertiary/aromatic N) is 1. The fourth-order valence-electron chi connectivity index (χ4n) is 2.86. The molecule has 2 fully saturated rings. The minimum absolute atomic E-state index is 0.128. The smallest absolute Gasteiger partial charge is 0.0989 e. The van der Waals surface area contributed by atoms with Crippen LogP contribution in [0.25, 0.3) is 0 Å². The predicted octanol–water partition coefficient (Wildman–Crippen LogP) is 2.12. The van der Waals surface area contributed by atoms with Gasteiger partial charge in [0.15, 0.2) is 0 Å². The molecule has 3 heteroatoms. The second-order valence-electron chi connectivity index (χ2n) is 5.06. The van der Waals surface area contributed by atoms with Crippen LogP contribution in [0.5, 0.6) is 0 Å². The fraction of sp³-hybridized carbons (Fsp3) is 0.846. The molecule has 0 amide bonds. The summed E-state index contributed by atoms with van der Waals surface area (Å²) in [7, 11) is 0. The van der Waals surface area contributed by atoms with E-state index in [1.165, 1.54) is 6.42 Å². The Bertz CT molecular complexity index is 240. The Morgan fingerprint density at radius 2 is 2.31 bits per heavy atom. The fourth-order valence-corrected chi connectivity index (χ4v) is 2.86. The van der Waals surface area contributed by atoms with Crippen molar-refractivity contribution in [3.8, 4) is 0 Å². The van der Waals surface area contributed by atoms with Gasteiger partial charge in [-0.05, 0) is 38.5 Å². The van der Waals surface area contributed by atoms with Crippen molar-refractivity contribution in [2.75, 3.05) is 6.54 Å². The third-order valence-corrected chi connectivity index (χ3v) is 3.71. The molecular formula is C13H23NO2. The van der Waals surface area contributed by atoms with E-state index in [2.05, 4.69) is 17.2 Å². The summed E-state index contributed by atoms with van der Waals surface area (Å²) < 4.78 is 0. The molecule has 0 aromatic heterocycles. The first-order chi connectivity index (χ1) is 7.72. The van der Waals surface area contributed by atoms with Crippen LogP contribution >= 0.6 is 0 Å². The van der Waals surface area contributed by atoms with Crippen LogP contribution in [-0.4, -0.2) is 35.0 Å². The Morgan fingerprint density at radius 1 is 1.50 bits per heavy atom. The van der Waals surface area contributed by atoms with E-state index in [1.54, 1.807) is 0 Å². The third kappa shape index (κ3) is 2.65. The number of hydrogen-bond donors (Lipinski definition) is 1. The molecule has 4 unspecified atom stereocenters. The van der Waals surface area contributed by atoms with E-state index in [9.17, 15) is 5.11 Å². The van der Waals surface area contributed by atoms with Crippen molar-refractivity contribution in [2.24, 2.45) is 5.92 Å². The average Bonchev–Trinajstić information content (AvgIpc) is 2.75. The quantitative estimate of drug-likeness (QED) is 0.744. The van der Waals surface area contributed by atoms with Gasteiger partial charge in [-0.2, -0.15) is 5.06 Å². The Morgan fingerprint density at radius 3 is 2.94 bits per heavy atom. The van der Waals surface area contributed by atoms with Crippen LogP contribution in [0, 0.1) is 5.92 Å². The molecule has 1 N–H and O–H groups in total. The summed E-state index contributed by atoms with van der Waals surface area (Å²) in [5.74, 6) is 0.617. The molecule has 3 nitrogen and oxygen atoms in total. The molecule has 2 aliphatic rings. The molecule has 0 aromatic carbocycles. The zero-order valence-corrected chi connectivity index (χ0v) is 10.3. The molecule has 0 aromatic rings. The van der Waals surface area contributed by atoms with Crippen LogP contribution in [0.15, 0.2) is 12.2 Å². The highest BCUT2D eigenvalue weighted by atomic mass is 16.7. The van der Waals surface area contributed by atoms with Gasteiger partial charge in [0.2, 0.25) is 0 Å². The van der Waals surface area contributed by atoms with Gasteiger partial charge in [-0.25, -0.2) is 0 Å². The van der Waals surface area contributed by atoms with Gasteiger partial charge in [0.05, 0.1) is 12.2 Å². The SMILES string of the molecule is C/C=C/C1CC2CC(CC(O)CC)CN2O1. The highest BCUT2D eigenvalue weighted by Gasteiger charge is 2.40. The lowest BCUT2D eigenvalue weighted by Gasteiger charge is -2.16. The maximum atomic E-state index is 9.65. The highest BCUT2D eigenvalue weighted by molar-refractivity contribution is 4.96. The molecule has 2 saturated heterocycles. The summed E-state index contributed by atoms with van der Waals surface area (Å²) in [6.07, 6.45) is 8.45. The van der Waals surface area contributed by atoms with Gasteiger partial charge in [0.1, 0.15) is 0 Å². The first-order valence-electron chi connectivity index (χ1n) is 6.47. The molecular weight excluding hydrogens is 202 g/mol. The number of allylic oxidation sites excluding steroid dienone is 1. The summed E-state index contributed by atoms with van der Waals surface area (Å²) in [4.78, 5) is 5.84. The molecule has 2 aliphatic heterocycles. The second-order valence-corrected chi connectivity index (χ2v) is 5.06. The first kappa shape index (κ1) is 12.1. The maximum absolute atomic E-state index is 9.65. The molecule has 2 heterocycles. The van der Waals surface area contributed by atoms with E-state index in [0.29, 0.717) is 12.0 Å². The number of fused-ring (bicyclic) bond motifs is 1. The van der Waals surface area contributed by atoms with Crippen LogP contribution in [-0.2, 0) is 4.84 Å². The Hall–Kier alpha value is -0.380. The van der Waals surface area contributed by atoms with Crippen molar-refractivity contribution in [3.05, 3.63) is 12.2 Å². The summed E-state index contributed by atoms with van der Waals surface area (Å²) in [5, 5.41) is 11.8. The van der Waals surface area contributed by atoms with E-state index in [4.69, 9.17) is 4.84 Å². The summed E-state index contributed by atoms with van der Waals surface area (Å²) in [5.41, 5.74) is 0. The molecule has 0 radical (unpaired) electrons. The topological polar surface area (TPSA) is 32.7 Å². The number of hydroxylamine groups is 2. The minimum Gasteiger partial charge on any atom is -0.393 e. The van der Waals surface area contributed by atoms with E-state index >= 15 is 0 Å². The Balaban J connectivity index is 1.79. The number of hydrogen-bond acceptors (Lipinski definition) is 3. The normalized spacial score (nSPS) is 37.1. The van der Waals surface area contributed by atoms with Crippen molar-refractivity contribution in [2.45, 2.75) is 57.8 Å². The van der Waals surface area contributed by atoms with E-state index in [0.717, 1.165) is 25.8 Å². The average molecular weight is 225 g/mol. The highest BCUT2D eigenvalue weighted by Crippen LogP contribution is 2.35. The van der Waals surface area contributed by atoms with Gasteiger partial charge in [-0.3, -0.25) is 4.84 Å². The van der Waals surface area contributed by atoms with Crippen LogP contribution in [0.4, 0.5) is 0 Å². The minimum atomic E-state index is -0.128. The van der Waals surface area contributed by atoms with Gasteiger partial charge in [-0.15, -0.1) is 0 Å². The molecule has 92 valence electrons. The number of rotatable bonds is 4. The largest absolute Gasteiger partial charge is 0.393 e. The van der Waals surface area contributed by atoms with E-state index in [1.807, 2.05) is 13.8 Å². The van der Waals surface area contributed by atoms with Gasteiger partial charge in [0.25, 0.3) is 0 Å². The van der Waals surface area contributed by atoms with Crippen LogP contribution < -0.4 is 0 Å². The second kappa shape index (κ2) is 5.30. The number of aliphatic hydroxyl groups is 1. The monoisotopic (exact) mass is 225 g/mol. The maximum Gasteiger partial charge on any atom is 0.0989 e. The molecule has 0 saturated carbocycles. The summed E-state index contributed by atoms with van der Waals surface area (Å²) in [6.45, 7) is 5.07. The first-order valence-corrected chi connectivity index (χ1v) is 6.47. The Labute approximate surface area is 98.0 Å². The van der Waals surface area contributed by atoms with Crippen LogP contribution in [0.1, 0.15) is 39.5 Å². The summed E-state index contributed by atoms with van der Waals surface area (Å²) in [6, 6.07) is 0.579. The molecule has 0 aliphatic carbocycles. The Kier molecular flexibility index (Phi) is 4.00. The standard InChI is InChI=1S/C13H23NO2/c1-3-5-13-8-11-6-10(7-12(15)4-2)9-14(11)16-13/h3,5,10-13,15H,4,6-9H2,1-2H3/b5-3+. The zero-order valence-electron chi connectivity index (χ0n) is 10.3. The van der Waals surface area contributed by atoms with Crippen molar-refractivity contribution in [3.63, 3.8) is 0 Å².